The number of alkyl carbamates (subject to hydrolysis) is 1. The number of nitrogens with zero attached hydrogens (tertiary/aromatic N) is 1. The minimum absolute atomic E-state index is 0.411. The predicted octanol–water partition coefficient (Wildman–Crippen LogP) is 2.13. The summed E-state index contributed by atoms with van der Waals surface area (Å²) in [6.07, 6.45) is -0.411. The van der Waals surface area contributed by atoms with Gasteiger partial charge in [-0.2, -0.15) is 0 Å². The molecule has 1 N–H and O–H groups in total. The maximum atomic E-state index is 11.4. The van der Waals surface area contributed by atoms with Gasteiger partial charge in [-0.05, 0) is 32.6 Å². The lowest BCUT2D eigenvalue weighted by Crippen LogP contribution is -2.34. The summed E-state index contributed by atoms with van der Waals surface area (Å²) in [4.78, 5) is 13.8. The molecule has 0 spiro atoms. The van der Waals surface area contributed by atoms with Crippen LogP contribution in [0.15, 0.2) is 0 Å². The van der Waals surface area contributed by atoms with Crippen LogP contribution in [0.5, 0.6) is 0 Å². The minimum Gasteiger partial charge on any atom is -0.444 e. The quantitative estimate of drug-likeness (QED) is 0.656. The molecule has 6 nitrogen and oxygen atoms in total. The molecule has 1 amide bonds. The third kappa shape index (κ3) is 9.79. The number of rotatable bonds is 9. The third-order valence-corrected chi connectivity index (χ3v) is 3.90. The Labute approximate surface area is 140 Å². The Morgan fingerprint density at radius 2 is 1.61 bits per heavy atom. The molecule has 1 heterocycles. The van der Waals surface area contributed by atoms with E-state index in [4.69, 9.17) is 14.2 Å². The van der Waals surface area contributed by atoms with Crippen molar-refractivity contribution in [1.82, 2.24) is 10.2 Å². The molecule has 1 fully saturated rings. The maximum Gasteiger partial charge on any atom is 0.407 e. The molecule has 0 aromatic carbocycles. The van der Waals surface area contributed by atoms with Crippen molar-refractivity contribution >= 4 is 6.09 Å². The standard InChI is InChI=1S/C17H34N2O4/c1-14-12-19(13-15(14)2)7-9-22-11-10-21-8-6-18-16(20)23-17(3,4)5/h14-15H,6-13H2,1-5H3,(H,18,20). The van der Waals surface area contributed by atoms with Crippen molar-refractivity contribution in [2.24, 2.45) is 11.8 Å². The van der Waals surface area contributed by atoms with E-state index < -0.39 is 11.7 Å². The van der Waals surface area contributed by atoms with Gasteiger partial charge in [0.15, 0.2) is 0 Å². The molecule has 2 atom stereocenters. The van der Waals surface area contributed by atoms with Gasteiger partial charge in [0.2, 0.25) is 0 Å². The van der Waals surface area contributed by atoms with Crippen LogP contribution in [-0.4, -0.2) is 69.2 Å². The lowest BCUT2D eigenvalue weighted by molar-refractivity contribution is 0.0356. The molecule has 0 aliphatic carbocycles. The fourth-order valence-corrected chi connectivity index (χ4v) is 2.49. The summed E-state index contributed by atoms with van der Waals surface area (Å²) in [5.74, 6) is 1.58. The van der Waals surface area contributed by atoms with Crippen LogP contribution in [0.2, 0.25) is 0 Å². The molecule has 6 heteroatoms. The molecular weight excluding hydrogens is 296 g/mol. The van der Waals surface area contributed by atoms with Crippen molar-refractivity contribution < 1.29 is 19.0 Å². The van der Waals surface area contributed by atoms with Gasteiger partial charge in [-0.25, -0.2) is 4.79 Å². The molecule has 1 aliphatic heterocycles. The highest BCUT2D eigenvalue weighted by molar-refractivity contribution is 5.67. The van der Waals surface area contributed by atoms with E-state index in [1.165, 1.54) is 13.1 Å². The minimum atomic E-state index is -0.469. The smallest absolute Gasteiger partial charge is 0.407 e. The molecule has 0 saturated carbocycles. The van der Waals surface area contributed by atoms with Crippen molar-refractivity contribution in [3.8, 4) is 0 Å². The van der Waals surface area contributed by atoms with Crippen molar-refractivity contribution in [3.63, 3.8) is 0 Å². The summed E-state index contributed by atoms with van der Waals surface area (Å²) in [5.41, 5.74) is -0.469. The van der Waals surface area contributed by atoms with Gasteiger partial charge < -0.3 is 24.4 Å². The highest BCUT2D eigenvalue weighted by Gasteiger charge is 2.25. The van der Waals surface area contributed by atoms with E-state index in [9.17, 15) is 4.79 Å². The number of hydrogen-bond acceptors (Lipinski definition) is 5. The van der Waals surface area contributed by atoms with Gasteiger partial charge >= 0.3 is 6.09 Å². The predicted molar refractivity (Wildman–Crippen MR) is 90.6 cm³/mol. The molecule has 1 aliphatic rings. The first-order valence-corrected chi connectivity index (χ1v) is 8.62. The van der Waals surface area contributed by atoms with Gasteiger partial charge in [-0.3, -0.25) is 0 Å². The van der Waals surface area contributed by atoms with Crippen LogP contribution in [0.1, 0.15) is 34.6 Å². The summed E-state index contributed by atoms with van der Waals surface area (Å²) in [7, 11) is 0. The van der Waals surface area contributed by atoms with Crippen molar-refractivity contribution in [3.05, 3.63) is 0 Å². The molecule has 2 unspecified atom stereocenters. The monoisotopic (exact) mass is 330 g/mol. The van der Waals surface area contributed by atoms with E-state index in [0.29, 0.717) is 26.4 Å². The average Bonchev–Trinajstić information content (AvgIpc) is 2.74. The van der Waals surface area contributed by atoms with Crippen molar-refractivity contribution in [2.45, 2.75) is 40.2 Å². The number of likely N-dealkylation sites (tertiary alicyclic amines) is 1. The SMILES string of the molecule is CC1CN(CCOCCOCCNC(=O)OC(C)(C)C)CC1C. The lowest BCUT2D eigenvalue weighted by atomic mass is 10.0. The van der Waals surface area contributed by atoms with Crippen LogP contribution in [0, 0.1) is 11.8 Å². The maximum absolute atomic E-state index is 11.4. The van der Waals surface area contributed by atoms with E-state index in [-0.39, 0.29) is 0 Å². The topological polar surface area (TPSA) is 60.0 Å². The summed E-state index contributed by atoms with van der Waals surface area (Å²) >= 11 is 0. The van der Waals surface area contributed by atoms with Gasteiger partial charge in [0.05, 0.1) is 26.4 Å². The average molecular weight is 330 g/mol. The molecule has 23 heavy (non-hydrogen) atoms. The second kappa shape index (κ2) is 10.1. The number of amides is 1. The molecule has 1 saturated heterocycles. The second-order valence-corrected chi connectivity index (χ2v) is 7.37. The fourth-order valence-electron chi connectivity index (χ4n) is 2.49. The van der Waals surface area contributed by atoms with Crippen LogP contribution in [-0.2, 0) is 14.2 Å². The number of carbonyl (C=O) groups is 1. The first-order valence-electron chi connectivity index (χ1n) is 8.62. The summed E-state index contributed by atoms with van der Waals surface area (Å²) in [5, 5.41) is 2.65. The Kier molecular flexibility index (Phi) is 8.87. The number of hydrogen-bond donors (Lipinski definition) is 1. The highest BCUT2D eigenvalue weighted by atomic mass is 16.6. The largest absolute Gasteiger partial charge is 0.444 e. The van der Waals surface area contributed by atoms with Crippen LogP contribution < -0.4 is 5.32 Å². The van der Waals surface area contributed by atoms with E-state index in [1.54, 1.807) is 0 Å². The third-order valence-electron chi connectivity index (χ3n) is 3.90. The highest BCUT2D eigenvalue weighted by Crippen LogP contribution is 2.21. The van der Waals surface area contributed by atoms with Gasteiger partial charge in [0.25, 0.3) is 0 Å². The van der Waals surface area contributed by atoms with E-state index >= 15 is 0 Å². The molecule has 0 bridgehead atoms. The Morgan fingerprint density at radius 1 is 1.04 bits per heavy atom. The second-order valence-electron chi connectivity index (χ2n) is 7.37. The van der Waals surface area contributed by atoms with Gasteiger partial charge in [-0.15, -0.1) is 0 Å². The molecule has 1 rings (SSSR count). The number of nitrogens with one attached hydrogen (secondary N) is 1. The van der Waals surface area contributed by atoms with E-state index in [2.05, 4.69) is 24.1 Å². The number of ether oxygens (including phenoxy) is 3. The Bertz CT molecular complexity index is 334. The first kappa shape index (κ1) is 20.2. The van der Waals surface area contributed by atoms with E-state index in [1.807, 2.05) is 20.8 Å². The molecule has 0 radical (unpaired) electrons. The number of carbonyl (C=O) groups excluding carboxylic acids is 1. The van der Waals surface area contributed by atoms with Crippen molar-refractivity contribution in [1.29, 1.82) is 0 Å². The van der Waals surface area contributed by atoms with Gasteiger partial charge in [0.1, 0.15) is 5.60 Å². The Balaban J connectivity index is 1.86. The summed E-state index contributed by atoms with van der Waals surface area (Å²) in [6.45, 7) is 16.3. The zero-order valence-electron chi connectivity index (χ0n) is 15.4. The van der Waals surface area contributed by atoms with Crippen LogP contribution in [0.3, 0.4) is 0 Å². The molecule has 136 valence electrons. The molecule has 0 aromatic heterocycles. The fraction of sp³-hybridized carbons (Fsp3) is 0.941. The molecule has 0 aromatic rings. The van der Waals surface area contributed by atoms with Crippen LogP contribution in [0.4, 0.5) is 4.79 Å². The summed E-state index contributed by atoms with van der Waals surface area (Å²) in [6, 6.07) is 0. The van der Waals surface area contributed by atoms with Crippen LogP contribution >= 0.6 is 0 Å². The normalized spacial score (nSPS) is 22.3. The van der Waals surface area contributed by atoms with Gasteiger partial charge in [-0.1, -0.05) is 13.8 Å². The first-order chi connectivity index (χ1) is 10.8. The lowest BCUT2D eigenvalue weighted by Gasteiger charge is -2.19. The zero-order valence-corrected chi connectivity index (χ0v) is 15.4. The van der Waals surface area contributed by atoms with Crippen LogP contribution in [0.25, 0.3) is 0 Å². The molecular formula is C17H34N2O4. The van der Waals surface area contributed by atoms with Gasteiger partial charge in [0, 0.05) is 26.2 Å². The van der Waals surface area contributed by atoms with E-state index in [0.717, 1.165) is 25.0 Å². The zero-order chi connectivity index (χ0) is 17.3. The van der Waals surface area contributed by atoms with Crippen molar-refractivity contribution in [2.75, 3.05) is 52.6 Å². The Hall–Kier alpha value is -0.850. The Morgan fingerprint density at radius 3 is 2.17 bits per heavy atom. The summed E-state index contributed by atoms with van der Waals surface area (Å²) < 4.78 is 16.1.